The van der Waals surface area contributed by atoms with Crippen LogP contribution in [0.4, 0.5) is 11.4 Å². The molecule has 0 saturated carbocycles. The van der Waals surface area contributed by atoms with E-state index in [-0.39, 0.29) is 48.1 Å². The van der Waals surface area contributed by atoms with Gasteiger partial charge < -0.3 is 16.4 Å². The van der Waals surface area contributed by atoms with Crippen molar-refractivity contribution in [1.82, 2.24) is 10.2 Å². The molecule has 9 nitrogen and oxygen atoms in total. The number of nitro groups is 1. The number of carbonyl (C=O) groups is 2. The van der Waals surface area contributed by atoms with Crippen LogP contribution < -0.4 is 16.4 Å². The van der Waals surface area contributed by atoms with Crippen LogP contribution in [0, 0.1) is 16.0 Å². The molecular weight excluding hydrogens is 362 g/mol. The lowest BCUT2D eigenvalue weighted by Gasteiger charge is -2.31. The van der Waals surface area contributed by atoms with Crippen LogP contribution in [0.25, 0.3) is 0 Å². The summed E-state index contributed by atoms with van der Waals surface area (Å²) in [5.41, 5.74) is 5.41. The first-order valence-electron chi connectivity index (χ1n) is 8.24. The van der Waals surface area contributed by atoms with Crippen LogP contribution in [0.3, 0.4) is 0 Å². The van der Waals surface area contributed by atoms with E-state index in [1.165, 1.54) is 12.1 Å². The van der Waals surface area contributed by atoms with Crippen molar-refractivity contribution in [1.29, 1.82) is 0 Å². The molecule has 1 saturated heterocycles. The SMILES string of the molecule is Cl.NCCNC(=O)C1CCCN(CC(=O)Nc2ccccc2[N+](=O)[O-])C1. The number of benzene rings is 1. The lowest BCUT2D eigenvalue weighted by Crippen LogP contribution is -2.46. The lowest BCUT2D eigenvalue weighted by molar-refractivity contribution is -0.383. The third-order valence-electron chi connectivity index (χ3n) is 4.06. The van der Waals surface area contributed by atoms with Crippen LogP contribution in [0.5, 0.6) is 0 Å². The molecule has 1 unspecified atom stereocenters. The second-order valence-corrected chi connectivity index (χ2v) is 5.98. The number of amides is 2. The molecule has 26 heavy (non-hydrogen) atoms. The number of anilines is 1. The standard InChI is InChI=1S/C16H23N5O4.ClH/c17-7-8-18-16(23)12-4-3-9-20(10-12)11-15(22)19-13-5-1-2-6-14(13)21(24)25;/h1-2,5-6,12H,3-4,7-11,17H2,(H,18,23)(H,19,22);1H. The number of hydrogen-bond acceptors (Lipinski definition) is 6. The molecule has 0 bridgehead atoms. The van der Waals surface area contributed by atoms with Crippen molar-refractivity contribution in [2.45, 2.75) is 12.8 Å². The van der Waals surface area contributed by atoms with Crippen molar-refractivity contribution in [3.05, 3.63) is 34.4 Å². The monoisotopic (exact) mass is 385 g/mol. The second-order valence-electron chi connectivity index (χ2n) is 5.98. The maximum Gasteiger partial charge on any atom is 0.292 e. The van der Waals surface area contributed by atoms with Gasteiger partial charge in [0.2, 0.25) is 11.8 Å². The van der Waals surface area contributed by atoms with E-state index in [0.29, 0.717) is 26.2 Å². The highest BCUT2D eigenvalue weighted by molar-refractivity contribution is 5.94. The summed E-state index contributed by atoms with van der Waals surface area (Å²) < 4.78 is 0. The molecular formula is C16H24ClN5O4. The highest BCUT2D eigenvalue weighted by Crippen LogP contribution is 2.23. The summed E-state index contributed by atoms with van der Waals surface area (Å²) in [7, 11) is 0. The van der Waals surface area contributed by atoms with Crippen LogP contribution >= 0.6 is 12.4 Å². The Morgan fingerprint density at radius 2 is 2.08 bits per heavy atom. The molecule has 1 aromatic carbocycles. The number of halogens is 1. The van der Waals surface area contributed by atoms with Crippen LogP contribution in [-0.2, 0) is 9.59 Å². The molecule has 1 heterocycles. The zero-order chi connectivity index (χ0) is 18.2. The minimum atomic E-state index is -0.533. The molecule has 2 amide bonds. The normalized spacial score (nSPS) is 17.0. The quantitative estimate of drug-likeness (QED) is 0.468. The molecule has 0 spiro atoms. The molecule has 144 valence electrons. The van der Waals surface area contributed by atoms with E-state index in [0.717, 1.165) is 12.8 Å². The third kappa shape index (κ3) is 6.25. The van der Waals surface area contributed by atoms with Gasteiger partial charge in [0, 0.05) is 25.7 Å². The molecule has 1 atom stereocenters. The molecule has 1 fully saturated rings. The van der Waals surface area contributed by atoms with Gasteiger partial charge in [-0.05, 0) is 25.5 Å². The van der Waals surface area contributed by atoms with Gasteiger partial charge in [-0.3, -0.25) is 24.6 Å². The number of hydrogen-bond donors (Lipinski definition) is 3. The summed E-state index contributed by atoms with van der Waals surface area (Å²) in [6.07, 6.45) is 1.60. The number of para-hydroxylation sites is 2. The number of nitro benzene ring substituents is 1. The smallest absolute Gasteiger partial charge is 0.292 e. The van der Waals surface area contributed by atoms with Gasteiger partial charge in [-0.1, -0.05) is 12.1 Å². The number of carbonyl (C=O) groups excluding carboxylic acids is 2. The molecule has 0 aromatic heterocycles. The maximum absolute atomic E-state index is 12.2. The van der Waals surface area contributed by atoms with E-state index in [2.05, 4.69) is 10.6 Å². The summed E-state index contributed by atoms with van der Waals surface area (Å²) in [5.74, 6) is -0.550. The molecule has 1 aliphatic heterocycles. The Morgan fingerprint density at radius 3 is 2.77 bits per heavy atom. The number of nitrogens with two attached hydrogens (primary N) is 1. The zero-order valence-electron chi connectivity index (χ0n) is 14.3. The van der Waals surface area contributed by atoms with Crippen molar-refractivity contribution < 1.29 is 14.5 Å². The van der Waals surface area contributed by atoms with E-state index in [1.54, 1.807) is 12.1 Å². The van der Waals surface area contributed by atoms with Gasteiger partial charge in [0.25, 0.3) is 5.69 Å². The Hall–Kier alpha value is -2.23. The van der Waals surface area contributed by atoms with Gasteiger partial charge in [-0.15, -0.1) is 12.4 Å². The van der Waals surface area contributed by atoms with Crippen LogP contribution in [-0.4, -0.2) is 54.4 Å². The molecule has 10 heteroatoms. The third-order valence-corrected chi connectivity index (χ3v) is 4.06. The first kappa shape index (κ1) is 21.8. The predicted molar refractivity (Wildman–Crippen MR) is 100 cm³/mol. The fraction of sp³-hybridized carbons (Fsp3) is 0.500. The fourth-order valence-electron chi connectivity index (χ4n) is 2.88. The van der Waals surface area contributed by atoms with Gasteiger partial charge in [-0.2, -0.15) is 0 Å². The molecule has 0 radical (unpaired) electrons. The van der Waals surface area contributed by atoms with E-state index in [9.17, 15) is 19.7 Å². The van der Waals surface area contributed by atoms with Gasteiger partial charge in [0.15, 0.2) is 0 Å². The van der Waals surface area contributed by atoms with E-state index < -0.39 is 4.92 Å². The minimum absolute atomic E-state index is 0. The Kier molecular flexibility index (Phi) is 8.97. The topological polar surface area (TPSA) is 131 Å². The molecule has 2 rings (SSSR count). The average Bonchev–Trinajstić information content (AvgIpc) is 2.60. The first-order chi connectivity index (χ1) is 12.0. The summed E-state index contributed by atoms with van der Waals surface area (Å²) in [6, 6.07) is 6.01. The summed E-state index contributed by atoms with van der Waals surface area (Å²) in [4.78, 5) is 36.6. The number of nitrogens with zero attached hydrogens (tertiary/aromatic N) is 2. The van der Waals surface area contributed by atoms with Gasteiger partial charge >= 0.3 is 0 Å². The zero-order valence-corrected chi connectivity index (χ0v) is 15.2. The van der Waals surface area contributed by atoms with Gasteiger partial charge in [0.05, 0.1) is 17.4 Å². The van der Waals surface area contributed by atoms with Crippen molar-refractivity contribution in [3.63, 3.8) is 0 Å². The highest BCUT2D eigenvalue weighted by atomic mass is 35.5. The van der Waals surface area contributed by atoms with Gasteiger partial charge in [0.1, 0.15) is 5.69 Å². The molecule has 1 aliphatic rings. The van der Waals surface area contributed by atoms with Crippen molar-refractivity contribution >= 4 is 35.6 Å². The predicted octanol–water partition coefficient (Wildman–Crippen LogP) is 0.742. The van der Waals surface area contributed by atoms with Crippen LogP contribution in [0.2, 0.25) is 0 Å². The highest BCUT2D eigenvalue weighted by Gasteiger charge is 2.27. The van der Waals surface area contributed by atoms with Crippen molar-refractivity contribution in [2.24, 2.45) is 11.7 Å². The Labute approximate surface area is 157 Å². The van der Waals surface area contributed by atoms with Crippen molar-refractivity contribution in [3.8, 4) is 0 Å². The fourth-order valence-corrected chi connectivity index (χ4v) is 2.88. The van der Waals surface area contributed by atoms with Crippen molar-refractivity contribution in [2.75, 3.05) is 38.0 Å². The Bertz CT molecular complexity index is 643. The average molecular weight is 386 g/mol. The first-order valence-corrected chi connectivity index (χ1v) is 8.24. The number of nitrogens with one attached hydrogen (secondary N) is 2. The van der Waals surface area contributed by atoms with Crippen LogP contribution in [0.15, 0.2) is 24.3 Å². The second kappa shape index (κ2) is 10.7. The molecule has 4 N–H and O–H groups in total. The summed E-state index contributed by atoms with van der Waals surface area (Å²) >= 11 is 0. The van der Waals surface area contributed by atoms with E-state index in [4.69, 9.17) is 5.73 Å². The van der Waals surface area contributed by atoms with Crippen LogP contribution in [0.1, 0.15) is 12.8 Å². The lowest BCUT2D eigenvalue weighted by atomic mass is 9.97. The Balaban J connectivity index is 0.00000338. The minimum Gasteiger partial charge on any atom is -0.355 e. The Morgan fingerprint density at radius 1 is 1.35 bits per heavy atom. The summed E-state index contributed by atoms with van der Waals surface area (Å²) in [6.45, 7) is 2.12. The number of piperidine rings is 1. The molecule has 1 aromatic rings. The largest absolute Gasteiger partial charge is 0.355 e. The maximum atomic E-state index is 12.2. The van der Waals surface area contributed by atoms with Gasteiger partial charge in [-0.25, -0.2) is 0 Å². The number of likely N-dealkylation sites (tertiary alicyclic amines) is 1. The number of rotatable bonds is 7. The molecule has 0 aliphatic carbocycles. The van der Waals surface area contributed by atoms with E-state index in [1.807, 2.05) is 4.90 Å². The summed E-state index contributed by atoms with van der Waals surface area (Å²) in [5, 5.41) is 16.3. The van der Waals surface area contributed by atoms with E-state index >= 15 is 0 Å².